The number of amides is 2. The lowest BCUT2D eigenvalue weighted by Crippen LogP contribution is -2.42. The molecule has 1 unspecified atom stereocenters. The van der Waals surface area contributed by atoms with Gasteiger partial charge in [0, 0.05) is 11.8 Å². The highest BCUT2D eigenvalue weighted by Gasteiger charge is 2.15. The number of primary amides is 1. The van der Waals surface area contributed by atoms with Crippen molar-refractivity contribution < 1.29 is 19.5 Å². The van der Waals surface area contributed by atoms with Crippen LogP contribution in [-0.4, -0.2) is 33.9 Å². The summed E-state index contributed by atoms with van der Waals surface area (Å²) in [5.41, 5.74) is 4.84. The Labute approximate surface area is 96.6 Å². The van der Waals surface area contributed by atoms with Crippen LogP contribution in [0.5, 0.6) is 0 Å². The van der Waals surface area contributed by atoms with E-state index in [-0.39, 0.29) is 11.3 Å². The van der Waals surface area contributed by atoms with E-state index in [1.807, 2.05) is 0 Å². The van der Waals surface area contributed by atoms with Gasteiger partial charge in [-0.3, -0.25) is 9.59 Å². The molecule has 1 aromatic rings. The summed E-state index contributed by atoms with van der Waals surface area (Å²) in [4.78, 5) is 36.5. The summed E-state index contributed by atoms with van der Waals surface area (Å²) in [5.74, 6) is -2.49. The van der Waals surface area contributed by atoms with Gasteiger partial charge < -0.3 is 16.2 Å². The monoisotopic (exact) mass is 237 g/mol. The molecule has 1 aromatic heterocycles. The van der Waals surface area contributed by atoms with Crippen LogP contribution in [0.3, 0.4) is 0 Å². The Morgan fingerprint density at radius 2 is 2.12 bits per heavy atom. The van der Waals surface area contributed by atoms with E-state index in [1.54, 1.807) is 0 Å². The largest absolute Gasteiger partial charge is 0.477 e. The van der Waals surface area contributed by atoms with E-state index in [0.717, 1.165) is 6.07 Å². The topological polar surface area (TPSA) is 122 Å². The molecule has 0 aromatic carbocycles. The third-order valence-corrected chi connectivity index (χ3v) is 2.02. The number of aromatic carboxylic acids is 1. The lowest BCUT2D eigenvalue weighted by molar-refractivity contribution is -0.119. The van der Waals surface area contributed by atoms with E-state index in [0.29, 0.717) is 0 Å². The quantitative estimate of drug-likeness (QED) is 0.644. The van der Waals surface area contributed by atoms with Gasteiger partial charge >= 0.3 is 5.97 Å². The molecule has 90 valence electrons. The first-order chi connectivity index (χ1) is 7.91. The molecule has 0 radical (unpaired) electrons. The van der Waals surface area contributed by atoms with Crippen LogP contribution in [0.4, 0.5) is 0 Å². The van der Waals surface area contributed by atoms with Gasteiger partial charge in [0.1, 0.15) is 11.7 Å². The minimum atomic E-state index is -1.23. The minimum Gasteiger partial charge on any atom is -0.477 e. The smallest absolute Gasteiger partial charge is 0.354 e. The van der Waals surface area contributed by atoms with Crippen molar-refractivity contribution >= 4 is 17.8 Å². The van der Waals surface area contributed by atoms with Crippen LogP contribution >= 0.6 is 0 Å². The van der Waals surface area contributed by atoms with Crippen LogP contribution in [0.2, 0.25) is 0 Å². The average molecular weight is 237 g/mol. The molecule has 0 fully saturated rings. The second-order valence-electron chi connectivity index (χ2n) is 3.33. The number of carboxylic acids is 1. The van der Waals surface area contributed by atoms with Gasteiger partial charge in [0.2, 0.25) is 5.91 Å². The Balaban J connectivity index is 2.86. The highest BCUT2D eigenvalue weighted by Crippen LogP contribution is 2.02. The van der Waals surface area contributed by atoms with Crippen LogP contribution in [-0.2, 0) is 4.79 Å². The standard InChI is InChI=1S/C10H11N3O4/c1-5(8(11)14)13-9(15)6-2-3-12-7(4-6)10(16)17/h2-5H,1H3,(H2,11,14)(H,13,15)(H,16,17). The molecule has 0 saturated carbocycles. The van der Waals surface area contributed by atoms with E-state index >= 15 is 0 Å². The number of rotatable bonds is 4. The second kappa shape index (κ2) is 5.06. The predicted octanol–water partition coefficient (Wildman–Crippen LogP) is -0.617. The number of carboxylic acid groups (broad SMARTS) is 1. The molecular formula is C10H11N3O4. The zero-order chi connectivity index (χ0) is 13.0. The van der Waals surface area contributed by atoms with Crippen LogP contribution in [0, 0.1) is 0 Å². The fraction of sp³-hybridized carbons (Fsp3) is 0.200. The van der Waals surface area contributed by atoms with Gasteiger partial charge in [-0.25, -0.2) is 9.78 Å². The van der Waals surface area contributed by atoms with Crippen molar-refractivity contribution in [2.45, 2.75) is 13.0 Å². The fourth-order valence-electron chi connectivity index (χ4n) is 1.04. The summed E-state index contributed by atoms with van der Waals surface area (Å²) in [6.07, 6.45) is 1.20. The molecule has 0 spiro atoms. The van der Waals surface area contributed by atoms with E-state index in [1.165, 1.54) is 19.2 Å². The van der Waals surface area contributed by atoms with Gasteiger partial charge in [0.15, 0.2) is 0 Å². The molecular weight excluding hydrogens is 226 g/mol. The van der Waals surface area contributed by atoms with Crippen molar-refractivity contribution in [3.63, 3.8) is 0 Å². The Bertz CT molecular complexity index is 472. The van der Waals surface area contributed by atoms with E-state index in [2.05, 4.69) is 10.3 Å². The Hall–Kier alpha value is -2.44. The number of aromatic nitrogens is 1. The number of nitrogens with zero attached hydrogens (tertiary/aromatic N) is 1. The van der Waals surface area contributed by atoms with Gasteiger partial charge in [-0.2, -0.15) is 0 Å². The average Bonchev–Trinajstić information content (AvgIpc) is 2.28. The predicted molar refractivity (Wildman–Crippen MR) is 57.3 cm³/mol. The first kappa shape index (κ1) is 12.6. The van der Waals surface area contributed by atoms with E-state index in [9.17, 15) is 14.4 Å². The summed E-state index contributed by atoms with van der Waals surface area (Å²) < 4.78 is 0. The Morgan fingerprint density at radius 3 is 2.65 bits per heavy atom. The lowest BCUT2D eigenvalue weighted by atomic mass is 10.2. The summed E-state index contributed by atoms with van der Waals surface area (Å²) in [6.45, 7) is 1.43. The van der Waals surface area contributed by atoms with Crippen LogP contribution in [0.15, 0.2) is 18.3 Å². The number of pyridine rings is 1. The molecule has 17 heavy (non-hydrogen) atoms. The molecule has 1 heterocycles. The van der Waals surface area contributed by atoms with Gasteiger partial charge in [-0.05, 0) is 19.1 Å². The summed E-state index contributed by atoms with van der Waals surface area (Å²) in [6, 6.07) is 1.63. The molecule has 0 saturated heterocycles. The Kier molecular flexibility index (Phi) is 3.76. The van der Waals surface area contributed by atoms with Crippen molar-refractivity contribution in [1.29, 1.82) is 0 Å². The van der Waals surface area contributed by atoms with Crippen molar-refractivity contribution in [3.8, 4) is 0 Å². The molecule has 2 amide bonds. The molecule has 1 atom stereocenters. The fourth-order valence-corrected chi connectivity index (χ4v) is 1.04. The number of nitrogens with one attached hydrogen (secondary N) is 1. The summed E-state index contributed by atoms with van der Waals surface area (Å²) >= 11 is 0. The number of hydrogen-bond donors (Lipinski definition) is 3. The molecule has 4 N–H and O–H groups in total. The molecule has 0 aliphatic rings. The van der Waals surface area contributed by atoms with Crippen molar-refractivity contribution in [3.05, 3.63) is 29.6 Å². The molecule has 0 aliphatic heterocycles. The third kappa shape index (κ3) is 3.26. The molecule has 1 rings (SSSR count). The van der Waals surface area contributed by atoms with Crippen molar-refractivity contribution in [1.82, 2.24) is 10.3 Å². The highest BCUT2D eigenvalue weighted by atomic mass is 16.4. The Morgan fingerprint density at radius 1 is 1.47 bits per heavy atom. The molecule has 7 heteroatoms. The van der Waals surface area contributed by atoms with Gasteiger partial charge in [-0.15, -0.1) is 0 Å². The maximum absolute atomic E-state index is 11.6. The lowest BCUT2D eigenvalue weighted by Gasteiger charge is -2.09. The highest BCUT2D eigenvalue weighted by molar-refractivity contribution is 5.98. The van der Waals surface area contributed by atoms with Crippen LogP contribution in [0.25, 0.3) is 0 Å². The van der Waals surface area contributed by atoms with E-state index in [4.69, 9.17) is 10.8 Å². The maximum Gasteiger partial charge on any atom is 0.354 e. The first-order valence-electron chi connectivity index (χ1n) is 4.71. The van der Waals surface area contributed by atoms with Gasteiger partial charge in [-0.1, -0.05) is 0 Å². The number of carbonyl (C=O) groups is 3. The summed E-state index contributed by atoms with van der Waals surface area (Å²) in [7, 11) is 0. The number of nitrogens with two attached hydrogens (primary N) is 1. The molecule has 0 bridgehead atoms. The zero-order valence-corrected chi connectivity index (χ0v) is 9.01. The van der Waals surface area contributed by atoms with Gasteiger partial charge in [0.25, 0.3) is 5.91 Å². The van der Waals surface area contributed by atoms with Crippen LogP contribution in [0.1, 0.15) is 27.8 Å². The zero-order valence-electron chi connectivity index (χ0n) is 9.01. The van der Waals surface area contributed by atoms with E-state index < -0.39 is 23.8 Å². The second-order valence-corrected chi connectivity index (χ2v) is 3.33. The first-order valence-corrected chi connectivity index (χ1v) is 4.71. The van der Waals surface area contributed by atoms with Crippen molar-refractivity contribution in [2.75, 3.05) is 0 Å². The number of hydrogen-bond acceptors (Lipinski definition) is 4. The third-order valence-electron chi connectivity index (χ3n) is 2.02. The number of carbonyl (C=O) groups excluding carboxylic acids is 2. The van der Waals surface area contributed by atoms with Crippen LogP contribution < -0.4 is 11.1 Å². The SMILES string of the molecule is CC(NC(=O)c1ccnc(C(=O)O)c1)C(N)=O. The van der Waals surface area contributed by atoms with Crippen molar-refractivity contribution in [2.24, 2.45) is 5.73 Å². The summed E-state index contributed by atoms with van der Waals surface area (Å²) in [5, 5.41) is 11.0. The van der Waals surface area contributed by atoms with Gasteiger partial charge in [0.05, 0.1) is 0 Å². The minimum absolute atomic E-state index is 0.102. The maximum atomic E-state index is 11.6. The molecule has 0 aliphatic carbocycles. The molecule has 7 nitrogen and oxygen atoms in total. The normalized spacial score (nSPS) is 11.6.